The van der Waals surface area contributed by atoms with Gasteiger partial charge in [-0.15, -0.1) is 0 Å². The Kier molecular flexibility index (Phi) is 5.34. The van der Waals surface area contributed by atoms with Gasteiger partial charge in [0.1, 0.15) is 5.82 Å². The molecule has 2 N–H and O–H groups in total. The van der Waals surface area contributed by atoms with Crippen LogP contribution in [0.5, 0.6) is 0 Å². The third-order valence-electron chi connectivity index (χ3n) is 2.31. The molecule has 5 nitrogen and oxygen atoms in total. The molecule has 6 heteroatoms. The second-order valence-corrected chi connectivity index (χ2v) is 5.63. The van der Waals surface area contributed by atoms with Crippen molar-refractivity contribution in [1.82, 2.24) is 9.97 Å². The molecular weight excluding hydrogens is 236 g/mol. The zero-order chi connectivity index (χ0) is 12.8. The zero-order valence-corrected chi connectivity index (χ0v) is 11.6. The number of hydrogen-bond acceptors (Lipinski definition) is 5. The summed E-state index contributed by atoms with van der Waals surface area (Å²) in [4.78, 5) is 8.53. The molecule has 0 fully saturated rings. The molecule has 1 rings (SSSR count). The maximum Gasteiger partial charge on any atom is 0.224 e. The third kappa shape index (κ3) is 5.12. The Morgan fingerprint density at radius 3 is 2.76 bits per heavy atom. The molecule has 96 valence electrons. The predicted octanol–water partition coefficient (Wildman–Crippen LogP) is 1.40. The molecule has 17 heavy (non-hydrogen) atoms. The quantitative estimate of drug-likeness (QED) is 0.805. The molecule has 2 atom stereocenters. The monoisotopic (exact) mass is 256 g/mol. The fourth-order valence-electron chi connectivity index (χ4n) is 1.42. The lowest BCUT2D eigenvalue weighted by molar-refractivity contribution is 0.678. The lowest BCUT2D eigenvalue weighted by Crippen LogP contribution is -2.19. The van der Waals surface area contributed by atoms with Crippen molar-refractivity contribution in [3.05, 3.63) is 11.8 Å². The van der Waals surface area contributed by atoms with E-state index < -0.39 is 10.8 Å². The summed E-state index contributed by atoms with van der Waals surface area (Å²) in [5, 5.41) is 6.21. The molecule has 0 aliphatic heterocycles. The molecule has 0 aliphatic rings. The molecular formula is C11H20N4OS. The van der Waals surface area contributed by atoms with E-state index >= 15 is 0 Å². The van der Waals surface area contributed by atoms with Crippen molar-refractivity contribution in [2.45, 2.75) is 26.3 Å². The van der Waals surface area contributed by atoms with Gasteiger partial charge in [0.25, 0.3) is 0 Å². The number of aromatic nitrogens is 2. The Morgan fingerprint density at radius 2 is 2.18 bits per heavy atom. The lowest BCUT2D eigenvalue weighted by Gasteiger charge is -2.14. The van der Waals surface area contributed by atoms with Crippen molar-refractivity contribution < 1.29 is 4.21 Å². The zero-order valence-electron chi connectivity index (χ0n) is 10.8. The van der Waals surface area contributed by atoms with Crippen LogP contribution >= 0.6 is 0 Å². The predicted molar refractivity (Wildman–Crippen MR) is 73.0 cm³/mol. The first-order chi connectivity index (χ1) is 8.01. The van der Waals surface area contributed by atoms with Gasteiger partial charge in [-0.3, -0.25) is 4.21 Å². The largest absolute Gasteiger partial charge is 0.367 e. The van der Waals surface area contributed by atoms with Crippen LogP contribution in [0.2, 0.25) is 0 Å². The molecule has 0 saturated heterocycles. The van der Waals surface area contributed by atoms with Crippen molar-refractivity contribution in [1.29, 1.82) is 0 Å². The van der Waals surface area contributed by atoms with Gasteiger partial charge in [-0.25, -0.2) is 4.98 Å². The van der Waals surface area contributed by atoms with Crippen molar-refractivity contribution >= 4 is 22.6 Å². The van der Waals surface area contributed by atoms with Crippen LogP contribution in [0.15, 0.2) is 6.07 Å². The molecule has 0 saturated carbocycles. The molecule has 0 radical (unpaired) electrons. The number of nitrogens with one attached hydrogen (secondary N) is 2. The SMILES string of the molecule is CNc1nc(C)cc(NC(C)CCS(C)=O)n1. The first-order valence-corrected chi connectivity index (χ1v) is 7.34. The summed E-state index contributed by atoms with van der Waals surface area (Å²) < 4.78 is 11.0. The van der Waals surface area contributed by atoms with E-state index in [-0.39, 0.29) is 6.04 Å². The van der Waals surface area contributed by atoms with Gasteiger partial charge in [0, 0.05) is 47.7 Å². The molecule has 1 aromatic heterocycles. The van der Waals surface area contributed by atoms with E-state index in [2.05, 4.69) is 27.5 Å². The van der Waals surface area contributed by atoms with E-state index in [1.807, 2.05) is 13.0 Å². The molecule has 0 spiro atoms. The average molecular weight is 256 g/mol. The Bertz CT molecular complexity index is 397. The number of rotatable bonds is 6. The molecule has 0 bridgehead atoms. The Labute approximate surface area is 105 Å². The van der Waals surface area contributed by atoms with Crippen LogP contribution in [0, 0.1) is 6.92 Å². The highest BCUT2D eigenvalue weighted by Crippen LogP contribution is 2.11. The number of anilines is 2. The van der Waals surface area contributed by atoms with E-state index in [9.17, 15) is 4.21 Å². The normalized spacial score (nSPS) is 14.1. The highest BCUT2D eigenvalue weighted by Gasteiger charge is 2.06. The standard InChI is InChI=1S/C11H20N4OS/c1-8(5-6-17(4)16)13-10-7-9(2)14-11(12-3)15-10/h7-8H,5-6H2,1-4H3,(H2,12,13,14,15). The second-order valence-electron chi connectivity index (χ2n) is 4.08. The van der Waals surface area contributed by atoms with E-state index in [0.717, 1.165) is 17.9 Å². The number of hydrogen-bond donors (Lipinski definition) is 2. The minimum Gasteiger partial charge on any atom is -0.367 e. The molecule has 0 aromatic carbocycles. The first kappa shape index (κ1) is 13.9. The van der Waals surface area contributed by atoms with Gasteiger partial charge in [-0.05, 0) is 20.3 Å². The van der Waals surface area contributed by atoms with Crippen molar-refractivity contribution in [2.75, 3.05) is 29.7 Å². The molecule has 1 aromatic rings. The van der Waals surface area contributed by atoms with Crippen LogP contribution in [0.4, 0.5) is 11.8 Å². The van der Waals surface area contributed by atoms with Crippen LogP contribution in [0.3, 0.4) is 0 Å². The van der Waals surface area contributed by atoms with Crippen molar-refractivity contribution in [2.24, 2.45) is 0 Å². The third-order valence-corrected chi connectivity index (χ3v) is 3.12. The summed E-state index contributed by atoms with van der Waals surface area (Å²) in [6.45, 7) is 3.99. The summed E-state index contributed by atoms with van der Waals surface area (Å²) >= 11 is 0. The average Bonchev–Trinajstić information content (AvgIpc) is 2.25. The first-order valence-electron chi connectivity index (χ1n) is 5.61. The molecule has 2 unspecified atom stereocenters. The van der Waals surface area contributed by atoms with Crippen molar-refractivity contribution in [3.8, 4) is 0 Å². The number of aryl methyl sites for hydroxylation is 1. The maximum atomic E-state index is 11.0. The topological polar surface area (TPSA) is 66.9 Å². The summed E-state index contributed by atoms with van der Waals surface area (Å²) in [6, 6.07) is 2.15. The maximum absolute atomic E-state index is 11.0. The highest BCUT2D eigenvalue weighted by molar-refractivity contribution is 7.84. The van der Waals surface area contributed by atoms with Crippen LogP contribution in [-0.4, -0.2) is 39.3 Å². The fourth-order valence-corrected chi connectivity index (χ4v) is 2.11. The summed E-state index contributed by atoms with van der Waals surface area (Å²) in [7, 11) is 1.05. The summed E-state index contributed by atoms with van der Waals surface area (Å²) in [6.07, 6.45) is 2.59. The van der Waals surface area contributed by atoms with Crippen LogP contribution < -0.4 is 10.6 Å². The fraction of sp³-hybridized carbons (Fsp3) is 0.636. The van der Waals surface area contributed by atoms with Crippen LogP contribution in [0.1, 0.15) is 19.0 Å². The van der Waals surface area contributed by atoms with Gasteiger partial charge in [0.05, 0.1) is 0 Å². The number of nitrogens with zero attached hydrogens (tertiary/aromatic N) is 2. The minimum absolute atomic E-state index is 0.248. The lowest BCUT2D eigenvalue weighted by atomic mass is 10.2. The highest BCUT2D eigenvalue weighted by atomic mass is 32.2. The van der Waals surface area contributed by atoms with Gasteiger partial charge in [0.2, 0.25) is 5.95 Å². The van der Waals surface area contributed by atoms with E-state index in [4.69, 9.17) is 0 Å². The van der Waals surface area contributed by atoms with E-state index in [1.165, 1.54) is 0 Å². The van der Waals surface area contributed by atoms with Crippen molar-refractivity contribution in [3.63, 3.8) is 0 Å². The van der Waals surface area contributed by atoms with E-state index in [1.54, 1.807) is 13.3 Å². The Balaban J connectivity index is 2.61. The van der Waals surface area contributed by atoms with Gasteiger partial charge in [0.15, 0.2) is 0 Å². The summed E-state index contributed by atoms with van der Waals surface area (Å²) in [5.41, 5.74) is 0.915. The second kappa shape index (κ2) is 6.54. The summed E-state index contributed by atoms with van der Waals surface area (Å²) in [5.74, 6) is 2.12. The molecule has 1 heterocycles. The Morgan fingerprint density at radius 1 is 1.47 bits per heavy atom. The smallest absolute Gasteiger partial charge is 0.224 e. The Hall–Kier alpha value is -1.17. The van der Waals surface area contributed by atoms with Gasteiger partial charge >= 0.3 is 0 Å². The van der Waals surface area contributed by atoms with Gasteiger partial charge in [-0.2, -0.15) is 4.98 Å². The van der Waals surface area contributed by atoms with Crippen LogP contribution in [0.25, 0.3) is 0 Å². The molecule has 0 aliphatic carbocycles. The minimum atomic E-state index is -0.740. The van der Waals surface area contributed by atoms with E-state index in [0.29, 0.717) is 11.7 Å². The van der Waals surface area contributed by atoms with Gasteiger partial charge < -0.3 is 10.6 Å². The van der Waals surface area contributed by atoms with Gasteiger partial charge in [-0.1, -0.05) is 0 Å². The molecule has 0 amide bonds. The van der Waals surface area contributed by atoms with Crippen LogP contribution in [-0.2, 0) is 10.8 Å².